The molecule has 2 aromatic rings. The minimum Gasteiger partial charge on any atom is -0.371 e. The molecule has 0 radical (unpaired) electrons. The molecule has 1 aliphatic heterocycles. The Morgan fingerprint density at radius 3 is 2.52 bits per heavy atom. The molecule has 0 unspecified atom stereocenters. The highest BCUT2D eigenvalue weighted by Crippen LogP contribution is 2.22. The number of sulfonamides is 1. The van der Waals surface area contributed by atoms with Gasteiger partial charge in [-0.15, -0.1) is 0 Å². The van der Waals surface area contributed by atoms with Crippen molar-refractivity contribution in [2.24, 2.45) is 5.92 Å². The van der Waals surface area contributed by atoms with Crippen LogP contribution in [0.1, 0.15) is 31.9 Å². The number of ether oxygens (including phenoxy) is 1. The summed E-state index contributed by atoms with van der Waals surface area (Å²) in [5.41, 5.74) is 1.75. The molecule has 0 aliphatic carbocycles. The maximum absolute atomic E-state index is 12.5. The number of benzene rings is 2. The van der Waals surface area contributed by atoms with E-state index in [1.165, 1.54) is 17.7 Å². The third-order valence-corrected chi connectivity index (χ3v) is 6.70. The molecule has 1 aliphatic rings. The second kappa shape index (κ2) is 10.9. The second-order valence-corrected chi connectivity index (χ2v) is 9.76. The SMILES string of the molecule is CC(C)C(=O)Nc1ccc(S(=O)(=O)NCCCN2CCO[C@H](c3ccccc3)C2)cc1. The van der Waals surface area contributed by atoms with Gasteiger partial charge in [-0.25, -0.2) is 13.1 Å². The quantitative estimate of drug-likeness (QED) is 0.580. The first kappa shape index (κ1) is 23.4. The van der Waals surface area contributed by atoms with Gasteiger partial charge in [0.2, 0.25) is 15.9 Å². The lowest BCUT2D eigenvalue weighted by Gasteiger charge is -2.33. The van der Waals surface area contributed by atoms with Crippen LogP contribution < -0.4 is 10.0 Å². The molecule has 0 aromatic heterocycles. The molecule has 2 aromatic carbocycles. The molecule has 1 fully saturated rings. The number of carbonyl (C=O) groups is 1. The van der Waals surface area contributed by atoms with Crippen molar-refractivity contribution in [1.29, 1.82) is 0 Å². The van der Waals surface area contributed by atoms with E-state index in [0.717, 1.165) is 19.6 Å². The van der Waals surface area contributed by atoms with Crippen molar-refractivity contribution in [3.8, 4) is 0 Å². The summed E-state index contributed by atoms with van der Waals surface area (Å²) in [4.78, 5) is 14.2. The molecular weight excluding hydrogens is 414 g/mol. The maximum atomic E-state index is 12.5. The lowest BCUT2D eigenvalue weighted by molar-refractivity contribution is -0.118. The average Bonchev–Trinajstić information content (AvgIpc) is 2.78. The number of anilines is 1. The number of rotatable bonds is 9. The first-order chi connectivity index (χ1) is 14.8. The van der Waals surface area contributed by atoms with Gasteiger partial charge in [0.25, 0.3) is 0 Å². The number of morpholine rings is 1. The normalized spacial score (nSPS) is 17.6. The lowest BCUT2D eigenvalue weighted by atomic mass is 10.1. The van der Waals surface area contributed by atoms with Crippen molar-refractivity contribution in [3.05, 3.63) is 60.2 Å². The van der Waals surface area contributed by atoms with E-state index in [4.69, 9.17) is 4.74 Å². The monoisotopic (exact) mass is 445 g/mol. The molecule has 8 heteroatoms. The van der Waals surface area contributed by atoms with Crippen LogP contribution in [0.5, 0.6) is 0 Å². The third kappa shape index (κ3) is 6.87. The molecule has 0 bridgehead atoms. The van der Waals surface area contributed by atoms with Gasteiger partial charge in [-0.3, -0.25) is 9.69 Å². The molecule has 1 saturated heterocycles. The Kier molecular flexibility index (Phi) is 8.20. The highest BCUT2D eigenvalue weighted by atomic mass is 32.2. The van der Waals surface area contributed by atoms with Gasteiger partial charge >= 0.3 is 0 Å². The minimum atomic E-state index is -3.58. The van der Waals surface area contributed by atoms with Crippen LogP contribution in [-0.2, 0) is 19.6 Å². The van der Waals surface area contributed by atoms with Crippen molar-refractivity contribution < 1.29 is 17.9 Å². The highest BCUT2D eigenvalue weighted by molar-refractivity contribution is 7.89. The van der Waals surface area contributed by atoms with Crippen LogP contribution in [-0.4, -0.2) is 52.0 Å². The van der Waals surface area contributed by atoms with E-state index in [2.05, 4.69) is 27.1 Å². The van der Waals surface area contributed by atoms with Crippen molar-refractivity contribution in [3.63, 3.8) is 0 Å². The molecule has 1 atom stereocenters. The molecule has 168 valence electrons. The lowest BCUT2D eigenvalue weighted by Crippen LogP contribution is -2.39. The summed E-state index contributed by atoms with van der Waals surface area (Å²) in [6.07, 6.45) is 0.768. The van der Waals surface area contributed by atoms with Crippen molar-refractivity contribution >= 4 is 21.6 Å². The van der Waals surface area contributed by atoms with E-state index in [-0.39, 0.29) is 22.8 Å². The zero-order chi connectivity index (χ0) is 22.3. The zero-order valence-electron chi connectivity index (χ0n) is 18.1. The van der Waals surface area contributed by atoms with E-state index in [0.29, 0.717) is 25.3 Å². The third-order valence-electron chi connectivity index (χ3n) is 5.22. The second-order valence-electron chi connectivity index (χ2n) is 7.99. The molecule has 3 rings (SSSR count). The summed E-state index contributed by atoms with van der Waals surface area (Å²) in [5, 5.41) is 2.75. The molecule has 0 spiro atoms. The number of nitrogens with zero attached hydrogens (tertiary/aromatic N) is 1. The molecule has 7 nitrogen and oxygen atoms in total. The van der Waals surface area contributed by atoms with E-state index in [9.17, 15) is 13.2 Å². The number of hydrogen-bond donors (Lipinski definition) is 2. The van der Waals surface area contributed by atoms with Gasteiger partial charge in [-0.1, -0.05) is 44.2 Å². The molecule has 2 N–H and O–H groups in total. The van der Waals surface area contributed by atoms with Crippen LogP contribution in [0.25, 0.3) is 0 Å². The Morgan fingerprint density at radius 1 is 1.13 bits per heavy atom. The fourth-order valence-electron chi connectivity index (χ4n) is 3.37. The Labute approximate surface area is 184 Å². The van der Waals surface area contributed by atoms with Crippen LogP contribution in [0.2, 0.25) is 0 Å². The standard InChI is InChI=1S/C23H31N3O4S/c1-18(2)23(27)25-20-9-11-21(12-10-20)31(28,29)24-13-6-14-26-15-16-30-22(17-26)19-7-4-3-5-8-19/h3-5,7-12,18,22,24H,6,13-17H2,1-2H3,(H,25,27)/t22-/m0/s1. The van der Waals surface area contributed by atoms with Crippen molar-refractivity contribution in [1.82, 2.24) is 9.62 Å². The van der Waals surface area contributed by atoms with Crippen LogP contribution in [0.4, 0.5) is 5.69 Å². The smallest absolute Gasteiger partial charge is 0.240 e. The first-order valence-corrected chi connectivity index (χ1v) is 12.1. The Hall–Kier alpha value is -2.26. The Morgan fingerprint density at radius 2 is 1.84 bits per heavy atom. The van der Waals surface area contributed by atoms with E-state index in [1.54, 1.807) is 26.0 Å². The summed E-state index contributed by atoms with van der Waals surface area (Å²) >= 11 is 0. The van der Waals surface area contributed by atoms with E-state index in [1.807, 2.05) is 18.2 Å². The van der Waals surface area contributed by atoms with Crippen molar-refractivity contribution in [2.75, 3.05) is 38.1 Å². The number of carbonyl (C=O) groups excluding carboxylic acids is 1. The van der Waals surface area contributed by atoms with Crippen LogP contribution >= 0.6 is 0 Å². The van der Waals surface area contributed by atoms with Crippen LogP contribution in [0, 0.1) is 5.92 Å². The average molecular weight is 446 g/mol. The summed E-state index contributed by atoms with van der Waals surface area (Å²) in [5.74, 6) is -0.245. The van der Waals surface area contributed by atoms with Crippen LogP contribution in [0.15, 0.2) is 59.5 Å². The number of amides is 1. The van der Waals surface area contributed by atoms with Crippen LogP contribution in [0.3, 0.4) is 0 Å². The largest absolute Gasteiger partial charge is 0.371 e. The summed E-state index contributed by atoms with van der Waals surface area (Å²) in [7, 11) is -3.58. The first-order valence-electron chi connectivity index (χ1n) is 10.6. The van der Waals surface area contributed by atoms with Gasteiger partial charge in [-0.2, -0.15) is 0 Å². The summed E-state index contributed by atoms with van der Waals surface area (Å²) in [6, 6.07) is 16.4. The molecule has 1 amide bonds. The predicted molar refractivity (Wildman–Crippen MR) is 121 cm³/mol. The van der Waals surface area contributed by atoms with Gasteiger partial charge < -0.3 is 10.1 Å². The fourth-order valence-corrected chi connectivity index (χ4v) is 4.45. The number of nitrogens with one attached hydrogen (secondary N) is 2. The molecular formula is C23H31N3O4S. The molecule has 1 heterocycles. The summed E-state index contributed by atoms with van der Waals surface area (Å²) in [6.45, 7) is 7.09. The minimum absolute atomic E-state index is 0.0568. The molecule has 0 saturated carbocycles. The van der Waals surface area contributed by atoms with Gasteiger partial charge in [0.1, 0.15) is 0 Å². The van der Waals surface area contributed by atoms with Gasteiger partial charge in [0.15, 0.2) is 0 Å². The predicted octanol–water partition coefficient (Wildman–Crippen LogP) is 3.02. The highest BCUT2D eigenvalue weighted by Gasteiger charge is 2.21. The molecule has 31 heavy (non-hydrogen) atoms. The van der Waals surface area contributed by atoms with Gasteiger partial charge in [0, 0.05) is 31.2 Å². The van der Waals surface area contributed by atoms with Crippen molar-refractivity contribution in [2.45, 2.75) is 31.3 Å². The Bertz CT molecular complexity index is 947. The Balaban J connectivity index is 1.45. The van der Waals surface area contributed by atoms with Gasteiger partial charge in [0.05, 0.1) is 17.6 Å². The zero-order valence-corrected chi connectivity index (χ0v) is 18.9. The summed E-state index contributed by atoms with van der Waals surface area (Å²) < 4.78 is 33.6. The van der Waals surface area contributed by atoms with E-state index < -0.39 is 10.0 Å². The topological polar surface area (TPSA) is 87.7 Å². The van der Waals surface area contributed by atoms with E-state index >= 15 is 0 Å². The van der Waals surface area contributed by atoms with Gasteiger partial charge in [-0.05, 0) is 42.8 Å². The maximum Gasteiger partial charge on any atom is 0.240 e. The fraction of sp³-hybridized carbons (Fsp3) is 0.435. The number of hydrogen-bond acceptors (Lipinski definition) is 5.